The first-order chi connectivity index (χ1) is 16.0. The molecule has 2 unspecified atom stereocenters. The molecule has 2 aromatic carbocycles. The SMILES string of the molecule is Cc1c(C2C(c3ccccn3)NC(=S)N2c2ccc(Br)cc2)c(C)n(-c2ccccc2)c1C. The lowest BCUT2D eigenvalue weighted by Gasteiger charge is -2.29. The fourth-order valence-electron chi connectivity index (χ4n) is 4.93. The molecule has 2 atom stereocenters. The zero-order valence-corrected chi connectivity index (χ0v) is 21.2. The molecule has 0 spiro atoms. The van der Waals surface area contributed by atoms with Crippen molar-refractivity contribution in [3.05, 3.63) is 112 Å². The smallest absolute Gasteiger partial charge is 0.174 e. The highest BCUT2D eigenvalue weighted by Gasteiger charge is 2.43. The minimum absolute atomic E-state index is 0.0303. The van der Waals surface area contributed by atoms with E-state index >= 15 is 0 Å². The monoisotopic (exact) mass is 516 g/mol. The molecule has 0 bridgehead atoms. The number of hydrogen-bond donors (Lipinski definition) is 1. The summed E-state index contributed by atoms with van der Waals surface area (Å²) < 4.78 is 3.39. The van der Waals surface area contributed by atoms with Gasteiger partial charge in [-0.2, -0.15) is 0 Å². The first kappa shape index (κ1) is 21.9. The predicted molar refractivity (Wildman–Crippen MR) is 142 cm³/mol. The first-order valence-electron chi connectivity index (χ1n) is 11.0. The van der Waals surface area contributed by atoms with Crippen LogP contribution in [0, 0.1) is 20.8 Å². The van der Waals surface area contributed by atoms with Crippen molar-refractivity contribution in [3.63, 3.8) is 0 Å². The summed E-state index contributed by atoms with van der Waals surface area (Å²) >= 11 is 9.46. The molecule has 6 heteroatoms. The quantitative estimate of drug-likeness (QED) is 0.304. The van der Waals surface area contributed by atoms with Crippen LogP contribution in [-0.4, -0.2) is 14.7 Å². The van der Waals surface area contributed by atoms with E-state index in [0.717, 1.165) is 15.9 Å². The summed E-state index contributed by atoms with van der Waals surface area (Å²) in [6.07, 6.45) is 1.85. The average Bonchev–Trinajstić information content (AvgIpc) is 3.28. The molecule has 0 saturated carbocycles. The second-order valence-electron chi connectivity index (χ2n) is 8.35. The summed E-state index contributed by atoms with van der Waals surface area (Å²) in [4.78, 5) is 6.94. The van der Waals surface area contributed by atoms with Crippen LogP contribution in [0.3, 0.4) is 0 Å². The number of hydrogen-bond acceptors (Lipinski definition) is 2. The number of nitrogens with zero attached hydrogens (tertiary/aromatic N) is 3. The van der Waals surface area contributed by atoms with Gasteiger partial charge in [0.2, 0.25) is 0 Å². The van der Waals surface area contributed by atoms with Crippen LogP contribution in [0.4, 0.5) is 5.69 Å². The Morgan fingerprint density at radius 3 is 2.21 bits per heavy atom. The average molecular weight is 517 g/mol. The minimum Gasteiger partial charge on any atom is -0.351 e. The van der Waals surface area contributed by atoms with Gasteiger partial charge in [0.1, 0.15) is 0 Å². The molecule has 1 fully saturated rings. The fourth-order valence-corrected chi connectivity index (χ4v) is 5.54. The lowest BCUT2D eigenvalue weighted by Crippen LogP contribution is -2.29. The highest BCUT2D eigenvalue weighted by molar-refractivity contribution is 9.10. The van der Waals surface area contributed by atoms with Crippen LogP contribution in [-0.2, 0) is 0 Å². The molecule has 0 radical (unpaired) electrons. The maximum Gasteiger partial charge on any atom is 0.174 e. The largest absolute Gasteiger partial charge is 0.351 e. The maximum atomic E-state index is 5.90. The van der Waals surface area contributed by atoms with E-state index in [2.05, 4.69) is 112 Å². The van der Waals surface area contributed by atoms with Gasteiger partial charge >= 0.3 is 0 Å². The Balaban J connectivity index is 1.72. The third-order valence-electron chi connectivity index (χ3n) is 6.52. The second kappa shape index (κ2) is 8.76. The summed E-state index contributed by atoms with van der Waals surface area (Å²) in [5.74, 6) is 0. The Morgan fingerprint density at radius 1 is 0.848 bits per heavy atom. The molecule has 166 valence electrons. The molecule has 0 amide bonds. The van der Waals surface area contributed by atoms with Gasteiger partial charge in [0.05, 0.1) is 17.8 Å². The van der Waals surface area contributed by atoms with Crippen LogP contribution < -0.4 is 10.2 Å². The van der Waals surface area contributed by atoms with Crippen molar-refractivity contribution in [2.24, 2.45) is 0 Å². The van der Waals surface area contributed by atoms with Crippen molar-refractivity contribution < 1.29 is 0 Å². The summed E-state index contributed by atoms with van der Waals surface area (Å²) in [6, 6.07) is 24.8. The number of rotatable bonds is 4. The van der Waals surface area contributed by atoms with Gasteiger partial charge in [0.15, 0.2) is 5.11 Å². The molecule has 4 nitrogen and oxygen atoms in total. The first-order valence-corrected chi connectivity index (χ1v) is 12.2. The van der Waals surface area contributed by atoms with Gasteiger partial charge in [-0.25, -0.2) is 0 Å². The Kier molecular flexibility index (Phi) is 5.81. The van der Waals surface area contributed by atoms with E-state index in [1.807, 2.05) is 18.3 Å². The van der Waals surface area contributed by atoms with Gasteiger partial charge in [-0.3, -0.25) is 4.98 Å². The molecular weight excluding hydrogens is 492 g/mol. The van der Waals surface area contributed by atoms with Crippen molar-refractivity contribution in [1.29, 1.82) is 0 Å². The Labute approximate surface area is 208 Å². The summed E-state index contributed by atoms with van der Waals surface area (Å²) in [6.45, 7) is 6.62. The second-order valence-corrected chi connectivity index (χ2v) is 9.66. The van der Waals surface area contributed by atoms with Crippen LogP contribution in [0.1, 0.15) is 40.3 Å². The summed E-state index contributed by atoms with van der Waals surface area (Å²) in [7, 11) is 0. The Morgan fingerprint density at radius 2 is 1.55 bits per heavy atom. The Hall–Kier alpha value is -2.96. The lowest BCUT2D eigenvalue weighted by atomic mass is 9.93. The number of halogens is 1. The number of aromatic nitrogens is 2. The van der Waals surface area contributed by atoms with Crippen LogP contribution in [0.25, 0.3) is 5.69 Å². The van der Waals surface area contributed by atoms with Crippen LogP contribution in [0.2, 0.25) is 0 Å². The van der Waals surface area contributed by atoms with Gasteiger partial charge in [0, 0.05) is 39.0 Å². The highest BCUT2D eigenvalue weighted by Crippen LogP contribution is 2.45. The van der Waals surface area contributed by atoms with Gasteiger partial charge in [-0.15, -0.1) is 0 Å². The van der Waals surface area contributed by atoms with Crippen molar-refractivity contribution in [2.75, 3.05) is 4.90 Å². The van der Waals surface area contributed by atoms with Crippen molar-refractivity contribution >= 4 is 38.9 Å². The van der Waals surface area contributed by atoms with E-state index in [1.165, 1.54) is 28.2 Å². The molecule has 1 aliphatic rings. The number of nitrogens with one attached hydrogen (secondary N) is 1. The predicted octanol–water partition coefficient (Wildman–Crippen LogP) is 6.74. The van der Waals surface area contributed by atoms with Gasteiger partial charge in [-0.1, -0.05) is 40.2 Å². The summed E-state index contributed by atoms with van der Waals surface area (Å²) in [5, 5.41) is 4.29. The van der Waals surface area contributed by atoms with Crippen molar-refractivity contribution in [2.45, 2.75) is 32.9 Å². The number of pyridine rings is 1. The summed E-state index contributed by atoms with van der Waals surface area (Å²) in [5.41, 5.74) is 8.22. The van der Waals surface area contributed by atoms with Crippen LogP contribution >= 0.6 is 28.1 Å². The van der Waals surface area contributed by atoms with Crippen molar-refractivity contribution in [1.82, 2.24) is 14.9 Å². The van der Waals surface area contributed by atoms with Crippen molar-refractivity contribution in [3.8, 4) is 5.69 Å². The zero-order chi connectivity index (χ0) is 23.1. The third kappa shape index (κ3) is 3.77. The van der Waals surface area contributed by atoms with E-state index < -0.39 is 0 Å². The molecule has 4 aromatic rings. The molecule has 2 aromatic heterocycles. The maximum absolute atomic E-state index is 5.90. The van der Waals surface area contributed by atoms with Gasteiger partial charge < -0.3 is 14.8 Å². The highest BCUT2D eigenvalue weighted by atomic mass is 79.9. The number of thiocarbonyl (C=S) groups is 1. The number of anilines is 1. The molecule has 1 saturated heterocycles. The fraction of sp³-hybridized carbons (Fsp3) is 0.185. The zero-order valence-electron chi connectivity index (χ0n) is 18.8. The van der Waals surface area contributed by atoms with E-state index in [4.69, 9.17) is 17.2 Å². The molecule has 0 aliphatic carbocycles. The molecule has 3 heterocycles. The normalized spacial score (nSPS) is 17.9. The minimum atomic E-state index is -0.0641. The topological polar surface area (TPSA) is 33.1 Å². The number of para-hydroxylation sites is 1. The molecule has 5 rings (SSSR count). The molecular formula is C27H25BrN4S. The molecule has 1 aliphatic heterocycles. The molecule has 33 heavy (non-hydrogen) atoms. The Bertz CT molecular complexity index is 1300. The van der Waals surface area contributed by atoms with E-state index in [1.54, 1.807) is 0 Å². The lowest BCUT2D eigenvalue weighted by molar-refractivity contribution is 0.563. The number of benzene rings is 2. The van der Waals surface area contributed by atoms with Crippen LogP contribution in [0.15, 0.2) is 83.5 Å². The van der Waals surface area contributed by atoms with E-state index in [-0.39, 0.29) is 12.1 Å². The van der Waals surface area contributed by atoms with Gasteiger partial charge in [0.25, 0.3) is 0 Å². The van der Waals surface area contributed by atoms with Gasteiger partial charge in [-0.05, 0) is 87.1 Å². The molecule has 1 N–H and O–H groups in total. The van der Waals surface area contributed by atoms with Crippen LogP contribution in [0.5, 0.6) is 0 Å². The third-order valence-corrected chi connectivity index (χ3v) is 7.36. The van der Waals surface area contributed by atoms with E-state index in [0.29, 0.717) is 5.11 Å². The standard InChI is InChI=1S/C27H25BrN4S/c1-17-18(2)31(21-9-5-4-6-10-21)19(3)24(17)26-25(23-11-7-8-16-29-23)30-27(33)32(26)22-14-12-20(28)13-15-22/h4-16,25-26H,1-3H3,(H,30,33). The van der Waals surface area contributed by atoms with E-state index in [9.17, 15) is 0 Å².